The molecule has 0 radical (unpaired) electrons. The number of anilines is 2. The molecule has 142 valence electrons. The first-order chi connectivity index (χ1) is 13.0. The van der Waals surface area contributed by atoms with Crippen LogP contribution in [0.15, 0.2) is 48.5 Å². The predicted octanol–water partition coefficient (Wildman–Crippen LogP) is 3.44. The summed E-state index contributed by atoms with van der Waals surface area (Å²) in [6.45, 7) is 2.93. The maximum atomic E-state index is 13.3. The first-order valence-electron chi connectivity index (χ1n) is 8.76. The average Bonchev–Trinajstić information content (AvgIpc) is 3.17. The van der Waals surface area contributed by atoms with Gasteiger partial charge in [0.15, 0.2) is 0 Å². The van der Waals surface area contributed by atoms with Gasteiger partial charge in [-0.3, -0.25) is 9.59 Å². The summed E-state index contributed by atoms with van der Waals surface area (Å²) >= 11 is 1.53. The second kappa shape index (κ2) is 8.43. The van der Waals surface area contributed by atoms with Gasteiger partial charge in [0.25, 0.3) is 5.91 Å². The Hall–Kier alpha value is -2.54. The number of hydrogen-bond acceptors (Lipinski definition) is 4. The zero-order chi connectivity index (χ0) is 19.4. The average molecular weight is 387 g/mol. The first kappa shape index (κ1) is 19.2. The van der Waals surface area contributed by atoms with Gasteiger partial charge in [0.05, 0.1) is 5.88 Å². The predicted molar refractivity (Wildman–Crippen MR) is 108 cm³/mol. The second-order valence-corrected chi connectivity index (χ2v) is 7.35. The van der Waals surface area contributed by atoms with Crippen LogP contribution in [0.4, 0.5) is 15.8 Å². The van der Waals surface area contributed by atoms with Crippen LogP contribution in [0.1, 0.15) is 17.3 Å². The van der Waals surface area contributed by atoms with Gasteiger partial charge in [0, 0.05) is 36.3 Å². The van der Waals surface area contributed by atoms with E-state index in [4.69, 9.17) is 0 Å². The molecule has 1 aliphatic rings. The molecule has 1 N–H and O–H groups in total. The van der Waals surface area contributed by atoms with Gasteiger partial charge in [-0.1, -0.05) is 6.07 Å². The van der Waals surface area contributed by atoms with Crippen LogP contribution in [-0.2, 0) is 4.79 Å². The molecule has 0 bridgehead atoms. The quantitative estimate of drug-likeness (QED) is 0.854. The van der Waals surface area contributed by atoms with Crippen LogP contribution >= 0.6 is 11.8 Å². The van der Waals surface area contributed by atoms with Crippen molar-refractivity contribution in [3.63, 3.8) is 0 Å². The Morgan fingerprint density at radius 2 is 2.00 bits per heavy atom. The molecule has 27 heavy (non-hydrogen) atoms. The summed E-state index contributed by atoms with van der Waals surface area (Å²) < 4.78 is 13.3. The zero-order valence-electron chi connectivity index (χ0n) is 15.3. The molecule has 2 aromatic rings. The van der Waals surface area contributed by atoms with E-state index < -0.39 is 11.9 Å². The smallest absolute Gasteiger partial charge is 0.255 e. The van der Waals surface area contributed by atoms with E-state index in [9.17, 15) is 14.0 Å². The molecule has 2 amide bonds. The highest BCUT2D eigenvalue weighted by Gasteiger charge is 2.35. The number of nitrogens with zero attached hydrogens (tertiary/aromatic N) is 2. The van der Waals surface area contributed by atoms with E-state index in [0.29, 0.717) is 22.9 Å². The van der Waals surface area contributed by atoms with E-state index in [0.717, 1.165) is 12.2 Å². The Labute approximate surface area is 162 Å². The molecule has 1 fully saturated rings. The minimum absolute atomic E-state index is 0.176. The lowest BCUT2D eigenvalue weighted by molar-refractivity contribution is -0.119. The van der Waals surface area contributed by atoms with Crippen molar-refractivity contribution in [1.82, 2.24) is 4.90 Å². The number of carbonyl (C=O) groups excluding carboxylic acids is 2. The lowest BCUT2D eigenvalue weighted by Crippen LogP contribution is -2.44. The number of benzene rings is 2. The first-order valence-corrected chi connectivity index (χ1v) is 9.91. The van der Waals surface area contributed by atoms with Crippen LogP contribution in [-0.4, -0.2) is 48.0 Å². The SMILES string of the molecule is CCN(C)c1ccc(C(=O)N2CSCC2C(=O)Nc2cccc(F)c2)cc1. The highest BCUT2D eigenvalue weighted by atomic mass is 32.2. The molecule has 0 spiro atoms. The van der Waals surface area contributed by atoms with Crippen molar-refractivity contribution in [1.29, 1.82) is 0 Å². The lowest BCUT2D eigenvalue weighted by atomic mass is 10.1. The van der Waals surface area contributed by atoms with E-state index in [1.54, 1.807) is 23.1 Å². The Bertz CT molecular complexity index is 828. The Morgan fingerprint density at radius 1 is 1.26 bits per heavy atom. The van der Waals surface area contributed by atoms with Crippen LogP contribution in [0.2, 0.25) is 0 Å². The van der Waals surface area contributed by atoms with Crippen LogP contribution in [0, 0.1) is 5.82 Å². The van der Waals surface area contributed by atoms with Crippen molar-refractivity contribution in [3.8, 4) is 0 Å². The molecule has 2 aromatic carbocycles. The number of nitrogens with one attached hydrogen (secondary N) is 1. The number of hydrogen-bond donors (Lipinski definition) is 1. The van der Waals surface area contributed by atoms with E-state index in [2.05, 4.69) is 17.1 Å². The largest absolute Gasteiger partial charge is 0.375 e. The highest BCUT2D eigenvalue weighted by Crippen LogP contribution is 2.25. The monoisotopic (exact) mass is 387 g/mol. The molecular formula is C20H22FN3O2S. The fraction of sp³-hybridized carbons (Fsp3) is 0.300. The molecule has 7 heteroatoms. The summed E-state index contributed by atoms with van der Waals surface area (Å²) in [6.07, 6.45) is 0. The molecule has 5 nitrogen and oxygen atoms in total. The van der Waals surface area contributed by atoms with Crippen molar-refractivity contribution >= 4 is 35.0 Å². The van der Waals surface area contributed by atoms with Gasteiger partial charge < -0.3 is 15.1 Å². The maximum absolute atomic E-state index is 13.3. The van der Waals surface area contributed by atoms with Gasteiger partial charge in [-0.15, -0.1) is 11.8 Å². The van der Waals surface area contributed by atoms with Crippen molar-refractivity contribution in [2.24, 2.45) is 0 Å². The number of carbonyl (C=O) groups is 2. The number of rotatable bonds is 5. The minimum atomic E-state index is -0.580. The summed E-state index contributed by atoms with van der Waals surface area (Å²) in [4.78, 5) is 29.1. The zero-order valence-corrected chi connectivity index (χ0v) is 16.1. The summed E-state index contributed by atoms with van der Waals surface area (Å²) in [6, 6.07) is 12.5. The molecular weight excluding hydrogens is 365 g/mol. The Morgan fingerprint density at radius 3 is 2.67 bits per heavy atom. The third kappa shape index (κ3) is 4.42. The minimum Gasteiger partial charge on any atom is -0.375 e. The molecule has 0 aliphatic carbocycles. The van der Waals surface area contributed by atoms with Crippen molar-refractivity contribution in [2.45, 2.75) is 13.0 Å². The Kier molecular flexibility index (Phi) is 6.01. The third-order valence-electron chi connectivity index (χ3n) is 4.57. The molecule has 1 heterocycles. The third-order valence-corrected chi connectivity index (χ3v) is 5.58. The maximum Gasteiger partial charge on any atom is 0.255 e. The standard InChI is InChI=1S/C20H22FN3O2S/c1-3-23(2)17-9-7-14(8-10-17)20(26)24-13-27-12-18(24)19(25)22-16-6-4-5-15(21)11-16/h4-11,18H,3,12-13H2,1-2H3,(H,22,25). The van der Waals surface area contributed by atoms with Gasteiger partial charge in [-0.2, -0.15) is 0 Å². The number of amides is 2. The van der Waals surface area contributed by atoms with Gasteiger partial charge in [-0.25, -0.2) is 4.39 Å². The summed E-state index contributed by atoms with van der Waals surface area (Å²) in [5.74, 6) is 0.0743. The van der Waals surface area contributed by atoms with E-state index >= 15 is 0 Å². The fourth-order valence-electron chi connectivity index (χ4n) is 2.86. The van der Waals surface area contributed by atoms with Crippen molar-refractivity contribution in [2.75, 3.05) is 35.4 Å². The van der Waals surface area contributed by atoms with Crippen LogP contribution in [0.25, 0.3) is 0 Å². The van der Waals surface area contributed by atoms with Crippen molar-refractivity contribution in [3.05, 3.63) is 59.9 Å². The molecule has 1 unspecified atom stereocenters. The number of thioether (sulfide) groups is 1. The molecule has 3 rings (SSSR count). The topological polar surface area (TPSA) is 52.7 Å². The van der Waals surface area contributed by atoms with Crippen LogP contribution in [0.3, 0.4) is 0 Å². The summed E-state index contributed by atoms with van der Waals surface area (Å²) in [5, 5.41) is 2.70. The summed E-state index contributed by atoms with van der Waals surface area (Å²) in [5.41, 5.74) is 1.97. The van der Waals surface area contributed by atoms with E-state index in [1.165, 1.54) is 30.0 Å². The van der Waals surface area contributed by atoms with Crippen molar-refractivity contribution < 1.29 is 14.0 Å². The molecule has 1 atom stereocenters. The molecule has 0 saturated carbocycles. The highest BCUT2D eigenvalue weighted by molar-refractivity contribution is 7.99. The molecule has 1 aliphatic heterocycles. The fourth-order valence-corrected chi connectivity index (χ4v) is 4.01. The Balaban J connectivity index is 1.71. The molecule has 1 saturated heterocycles. The normalized spacial score (nSPS) is 16.3. The van der Waals surface area contributed by atoms with Gasteiger partial charge in [0.1, 0.15) is 11.9 Å². The second-order valence-electron chi connectivity index (χ2n) is 6.35. The van der Waals surface area contributed by atoms with Crippen LogP contribution in [0.5, 0.6) is 0 Å². The van der Waals surface area contributed by atoms with Gasteiger partial charge >= 0.3 is 0 Å². The van der Waals surface area contributed by atoms with E-state index in [-0.39, 0.29) is 11.8 Å². The van der Waals surface area contributed by atoms with Gasteiger partial charge in [0.2, 0.25) is 5.91 Å². The van der Waals surface area contributed by atoms with Crippen LogP contribution < -0.4 is 10.2 Å². The van der Waals surface area contributed by atoms with Gasteiger partial charge in [-0.05, 0) is 49.4 Å². The number of halogens is 1. The van der Waals surface area contributed by atoms with E-state index in [1.807, 2.05) is 19.2 Å². The summed E-state index contributed by atoms with van der Waals surface area (Å²) in [7, 11) is 1.99. The molecule has 0 aromatic heterocycles. The lowest BCUT2D eigenvalue weighted by Gasteiger charge is -2.23.